The van der Waals surface area contributed by atoms with E-state index in [0.717, 1.165) is 0 Å². The first-order valence-corrected chi connectivity index (χ1v) is 5.05. The number of anilines is 1. The number of carbonyl (C=O) groups excluding carboxylic acids is 1. The minimum absolute atomic E-state index is 0.0282. The summed E-state index contributed by atoms with van der Waals surface area (Å²) in [5.41, 5.74) is 15.6. The number of hydrogen-bond acceptors (Lipinski definition) is 3. The molecule has 1 rings (SSSR count). The molecule has 0 atom stereocenters. The third-order valence-electron chi connectivity index (χ3n) is 2.08. The van der Waals surface area contributed by atoms with Gasteiger partial charge in [-0.1, -0.05) is 23.0 Å². The van der Waals surface area contributed by atoms with E-state index in [9.17, 15) is 4.79 Å². The number of azide groups is 1. The number of ketones is 1. The van der Waals surface area contributed by atoms with Crippen molar-refractivity contribution >= 4 is 11.5 Å². The molecule has 0 spiro atoms. The molecule has 17 heavy (non-hydrogen) atoms. The molecule has 0 saturated heterocycles. The van der Waals surface area contributed by atoms with E-state index < -0.39 is 0 Å². The molecule has 0 aromatic heterocycles. The first-order valence-electron chi connectivity index (χ1n) is 5.05. The quantitative estimate of drug-likeness (QED) is 0.164. The van der Waals surface area contributed by atoms with Crippen molar-refractivity contribution < 1.29 is 4.79 Å². The Morgan fingerprint density at radius 1 is 1.59 bits per heavy atom. The summed E-state index contributed by atoms with van der Waals surface area (Å²) in [4.78, 5) is 13.7. The zero-order chi connectivity index (χ0) is 12.7. The fourth-order valence-corrected chi connectivity index (χ4v) is 1.20. The second-order valence-electron chi connectivity index (χ2n) is 3.36. The number of benzene rings is 1. The standard InChI is InChI=1S/C12H12N4O/c1-9(17)11-6-5-10(12(13)8-11)4-2-3-7-15-16-14/h5-6,8H,3,7,13H2,1H3. The molecule has 5 nitrogen and oxygen atoms in total. The molecule has 86 valence electrons. The molecular weight excluding hydrogens is 216 g/mol. The zero-order valence-corrected chi connectivity index (χ0v) is 9.47. The van der Waals surface area contributed by atoms with Gasteiger partial charge in [0.1, 0.15) is 0 Å². The second kappa shape index (κ2) is 6.21. The van der Waals surface area contributed by atoms with Crippen molar-refractivity contribution in [3.63, 3.8) is 0 Å². The molecule has 0 unspecified atom stereocenters. The first kappa shape index (κ1) is 12.6. The molecule has 2 N–H and O–H groups in total. The maximum Gasteiger partial charge on any atom is 0.159 e. The number of hydrogen-bond donors (Lipinski definition) is 1. The van der Waals surface area contributed by atoms with Gasteiger partial charge in [0, 0.05) is 34.7 Å². The molecule has 0 bridgehead atoms. The summed E-state index contributed by atoms with van der Waals surface area (Å²) in [7, 11) is 0. The highest BCUT2D eigenvalue weighted by molar-refractivity contribution is 5.95. The fraction of sp³-hybridized carbons (Fsp3) is 0.250. The summed E-state index contributed by atoms with van der Waals surface area (Å²) in [5.74, 6) is 5.69. The molecule has 5 heteroatoms. The van der Waals surface area contributed by atoms with Crippen LogP contribution in [0.15, 0.2) is 23.3 Å². The highest BCUT2D eigenvalue weighted by Crippen LogP contribution is 2.13. The van der Waals surface area contributed by atoms with E-state index in [4.69, 9.17) is 11.3 Å². The highest BCUT2D eigenvalue weighted by atomic mass is 16.1. The molecule has 0 amide bonds. The van der Waals surface area contributed by atoms with Crippen LogP contribution in [0.3, 0.4) is 0 Å². The maximum atomic E-state index is 11.1. The van der Waals surface area contributed by atoms with Crippen LogP contribution in [0.25, 0.3) is 10.4 Å². The van der Waals surface area contributed by atoms with Crippen molar-refractivity contribution in [2.75, 3.05) is 12.3 Å². The summed E-state index contributed by atoms with van der Waals surface area (Å²) in [6.45, 7) is 1.83. The number of nitrogens with zero attached hydrogens (tertiary/aromatic N) is 3. The largest absolute Gasteiger partial charge is 0.398 e. The van der Waals surface area contributed by atoms with Crippen LogP contribution in [0.5, 0.6) is 0 Å². The Hall–Kier alpha value is -2.44. The lowest BCUT2D eigenvalue weighted by Crippen LogP contribution is -1.96. The summed E-state index contributed by atoms with van der Waals surface area (Å²) in [6.07, 6.45) is 0.484. The second-order valence-corrected chi connectivity index (χ2v) is 3.36. The van der Waals surface area contributed by atoms with Crippen LogP contribution in [0.4, 0.5) is 5.69 Å². The van der Waals surface area contributed by atoms with Crippen molar-refractivity contribution in [1.82, 2.24) is 0 Å². The van der Waals surface area contributed by atoms with Crippen LogP contribution < -0.4 is 5.73 Å². The molecule has 0 aliphatic heterocycles. The van der Waals surface area contributed by atoms with Gasteiger partial charge < -0.3 is 5.73 Å². The summed E-state index contributed by atoms with van der Waals surface area (Å²) in [6, 6.07) is 5.02. The van der Waals surface area contributed by atoms with Crippen molar-refractivity contribution in [2.45, 2.75) is 13.3 Å². The van der Waals surface area contributed by atoms with Crippen LogP contribution in [0.2, 0.25) is 0 Å². The minimum atomic E-state index is -0.0282. The van der Waals surface area contributed by atoms with Crippen LogP contribution in [-0.2, 0) is 0 Å². The maximum absolute atomic E-state index is 11.1. The predicted octanol–water partition coefficient (Wildman–Crippen LogP) is 2.52. The van der Waals surface area contributed by atoms with Gasteiger partial charge in [-0.15, -0.1) is 0 Å². The van der Waals surface area contributed by atoms with Crippen LogP contribution in [0, 0.1) is 11.8 Å². The predicted molar refractivity (Wildman–Crippen MR) is 66.4 cm³/mol. The summed E-state index contributed by atoms with van der Waals surface area (Å²) < 4.78 is 0. The van der Waals surface area contributed by atoms with Gasteiger partial charge in [0.15, 0.2) is 5.78 Å². The Morgan fingerprint density at radius 3 is 2.94 bits per heavy atom. The third-order valence-corrected chi connectivity index (χ3v) is 2.08. The van der Waals surface area contributed by atoms with E-state index in [1.165, 1.54) is 6.92 Å². The van der Waals surface area contributed by atoms with E-state index >= 15 is 0 Å². The van der Waals surface area contributed by atoms with Crippen LogP contribution >= 0.6 is 0 Å². The molecule has 0 aliphatic carbocycles. The molecular formula is C12H12N4O. The minimum Gasteiger partial charge on any atom is -0.398 e. The fourth-order valence-electron chi connectivity index (χ4n) is 1.20. The van der Waals surface area contributed by atoms with Gasteiger partial charge in [-0.05, 0) is 24.6 Å². The number of carbonyl (C=O) groups is 1. The number of Topliss-reactive ketones (excluding diaryl/α,β-unsaturated/α-hetero) is 1. The van der Waals surface area contributed by atoms with Gasteiger partial charge in [0.05, 0.1) is 0 Å². The SMILES string of the molecule is CC(=O)c1ccc(C#CCCN=[N+]=[N-])c(N)c1. The number of rotatable bonds is 3. The Kier molecular flexibility index (Phi) is 4.61. The molecule has 0 radical (unpaired) electrons. The zero-order valence-electron chi connectivity index (χ0n) is 9.47. The van der Waals surface area contributed by atoms with E-state index in [-0.39, 0.29) is 5.78 Å². The van der Waals surface area contributed by atoms with Crippen molar-refractivity contribution in [3.8, 4) is 11.8 Å². The van der Waals surface area contributed by atoms with Gasteiger partial charge >= 0.3 is 0 Å². The lowest BCUT2D eigenvalue weighted by Gasteiger charge is -2.00. The molecule has 1 aromatic rings. The van der Waals surface area contributed by atoms with Crippen molar-refractivity contribution in [3.05, 3.63) is 39.8 Å². The Labute approximate surface area is 99.3 Å². The molecule has 0 fully saturated rings. The van der Waals surface area contributed by atoms with E-state index in [1.54, 1.807) is 18.2 Å². The van der Waals surface area contributed by atoms with Gasteiger partial charge in [0.25, 0.3) is 0 Å². The average molecular weight is 228 g/mol. The highest BCUT2D eigenvalue weighted by Gasteiger charge is 2.01. The topological polar surface area (TPSA) is 91.8 Å². The van der Waals surface area contributed by atoms with E-state index in [1.807, 2.05) is 0 Å². The lowest BCUT2D eigenvalue weighted by molar-refractivity contribution is 0.101. The Bertz CT molecular complexity index is 533. The number of nitrogens with two attached hydrogens (primary N) is 1. The lowest BCUT2D eigenvalue weighted by atomic mass is 10.1. The van der Waals surface area contributed by atoms with Gasteiger partial charge in [-0.2, -0.15) is 0 Å². The van der Waals surface area contributed by atoms with Gasteiger partial charge in [-0.25, -0.2) is 0 Å². The monoisotopic (exact) mass is 228 g/mol. The van der Waals surface area contributed by atoms with E-state index in [2.05, 4.69) is 21.9 Å². The Morgan fingerprint density at radius 2 is 2.35 bits per heavy atom. The van der Waals surface area contributed by atoms with Crippen molar-refractivity contribution in [2.24, 2.45) is 5.11 Å². The van der Waals surface area contributed by atoms with Crippen LogP contribution in [-0.4, -0.2) is 12.3 Å². The molecule has 0 heterocycles. The van der Waals surface area contributed by atoms with Crippen LogP contribution in [0.1, 0.15) is 29.3 Å². The number of nitrogen functional groups attached to an aromatic ring is 1. The van der Waals surface area contributed by atoms with E-state index in [0.29, 0.717) is 29.8 Å². The Balaban J connectivity index is 2.78. The summed E-state index contributed by atoms with van der Waals surface area (Å²) in [5, 5.41) is 3.36. The van der Waals surface area contributed by atoms with Gasteiger partial charge in [-0.3, -0.25) is 4.79 Å². The third kappa shape index (κ3) is 3.90. The first-order chi connectivity index (χ1) is 8.15. The average Bonchev–Trinajstić information content (AvgIpc) is 2.30. The van der Waals surface area contributed by atoms with Gasteiger partial charge in [0.2, 0.25) is 0 Å². The van der Waals surface area contributed by atoms with Crippen molar-refractivity contribution in [1.29, 1.82) is 0 Å². The smallest absolute Gasteiger partial charge is 0.159 e. The molecule has 0 aliphatic rings. The molecule has 0 saturated carbocycles. The summed E-state index contributed by atoms with van der Waals surface area (Å²) >= 11 is 0. The molecule has 1 aromatic carbocycles. The normalized spacial score (nSPS) is 8.76.